The normalized spacial score (nSPS) is 12.2. The number of hydrogen-bond acceptors (Lipinski definition) is 4. The summed E-state index contributed by atoms with van der Waals surface area (Å²) in [4.78, 5) is 19.1. The van der Waals surface area contributed by atoms with E-state index >= 15 is 0 Å². The van der Waals surface area contributed by atoms with Crippen molar-refractivity contribution in [3.05, 3.63) is 71.5 Å². The fraction of sp³-hybridized carbons (Fsp3) is 0.238. The molecule has 27 heavy (non-hydrogen) atoms. The van der Waals surface area contributed by atoms with E-state index in [1.807, 2.05) is 43.3 Å². The number of carbonyl (C=O) groups is 1. The van der Waals surface area contributed by atoms with Crippen LogP contribution < -0.4 is 10.1 Å². The van der Waals surface area contributed by atoms with Crippen LogP contribution in [-0.2, 0) is 0 Å². The number of rotatable bonds is 6. The number of methoxy groups -OCH3 is 1. The number of nitrogens with one attached hydrogen (secondary N) is 1. The van der Waals surface area contributed by atoms with E-state index < -0.39 is 0 Å². The van der Waals surface area contributed by atoms with Gasteiger partial charge in [0.2, 0.25) is 5.88 Å². The predicted octanol–water partition coefficient (Wildman–Crippen LogP) is 3.42. The van der Waals surface area contributed by atoms with E-state index in [1.54, 1.807) is 24.3 Å². The van der Waals surface area contributed by atoms with Crippen molar-refractivity contribution in [1.82, 2.24) is 15.2 Å². The smallest absolute Gasteiger partial charge is 0.252 e. The van der Waals surface area contributed by atoms with Gasteiger partial charge in [0.15, 0.2) is 0 Å². The van der Waals surface area contributed by atoms with Crippen LogP contribution in [0.4, 0.5) is 4.39 Å². The summed E-state index contributed by atoms with van der Waals surface area (Å²) in [5.74, 6) is -0.173. The van der Waals surface area contributed by atoms with Gasteiger partial charge in [-0.3, -0.25) is 4.79 Å². The van der Waals surface area contributed by atoms with Gasteiger partial charge in [0.25, 0.3) is 5.91 Å². The van der Waals surface area contributed by atoms with Gasteiger partial charge < -0.3 is 15.0 Å². The predicted molar refractivity (Wildman–Crippen MR) is 103 cm³/mol. The van der Waals surface area contributed by atoms with E-state index in [9.17, 15) is 9.18 Å². The van der Waals surface area contributed by atoms with Crippen LogP contribution in [0, 0.1) is 5.82 Å². The number of amides is 1. The van der Waals surface area contributed by atoms with Gasteiger partial charge in [-0.15, -0.1) is 0 Å². The molecule has 1 heterocycles. The Balaban J connectivity index is 1.87. The van der Waals surface area contributed by atoms with Crippen LogP contribution in [-0.4, -0.2) is 43.5 Å². The molecule has 0 spiro atoms. The Morgan fingerprint density at radius 2 is 1.89 bits per heavy atom. The Bertz CT molecular complexity index is 959. The Labute approximate surface area is 157 Å². The molecule has 1 unspecified atom stereocenters. The second kappa shape index (κ2) is 8.14. The standard InChI is InChI=1S/C21H22FN3O2/c1-25(2)19(15-9-4-6-10-17(15)22)13-23-21(26)16-12-20(27-3)24-18-11-7-5-8-14(16)18/h4-12,19H,13H2,1-3H3,(H,23,26). The maximum atomic E-state index is 14.2. The molecule has 0 bridgehead atoms. The number of aromatic nitrogens is 1. The monoisotopic (exact) mass is 367 g/mol. The molecule has 0 fully saturated rings. The van der Waals surface area contributed by atoms with Crippen molar-refractivity contribution < 1.29 is 13.9 Å². The molecule has 1 amide bonds. The topological polar surface area (TPSA) is 54.5 Å². The summed E-state index contributed by atoms with van der Waals surface area (Å²) in [5.41, 5.74) is 1.70. The molecule has 2 aromatic carbocycles. The van der Waals surface area contributed by atoms with Crippen LogP contribution in [0.5, 0.6) is 5.88 Å². The lowest BCUT2D eigenvalue weighted by Crippen LogP contribution is -2.35. The van der Waals surface area contributed by atoms with Crippen molar-refractivity contribution in [3.63, 3.8) is 0 Å². The van der Waals surface area contributed by atoms with Crippen molar-refractivity contribution in [2.75, 3.05) is 27.7 Å². The van der Waals surface area contributed by atoms with Crippen LogP contribution >= 0.6 is 0 Å². The highest BCUT2D eigenvalue weighted by Crippen LogP contribution is 2.23. The third-order valence-electron chi connectivity index (χ3n) is 4.49. The van der Waals surface area contributed by atoms with Gasteiger partial charge >= 0.3 is 0 Å². The number of fused-ring (bicyclic) bond motifs is 1. The Morgan fingerprint density at radius 3 is 2.59 bits per heavy atom. The average molecular weight is 367 g/mol. The number of pyridine rings is 1. The number of hydrogen-bond donors (Lipinski definition) is 1. The second-order valence-electron chi connectivity index (χ2n) is 6.44. The summed E-state index contributed by atoms with van der Waals surface area (Å²) in [7, 11) is 5.22. The highest BCUT2D eigenvalue weighted by Gasteiger charge is 2.20. The van der Waals surface area contributed by atoms with Crippen molar-refractivity contribution in [3.8, 4) is 5.88 Å². The van der Waals surface area contributed by atoms with Gasteiger partial charge in [-0.1, -0.05) is 36.4 Å². The van der Waals surface area contributed by atoms with Gasteiger partial charge in [0.1, 0.15) is 5.82 Å². The summed E-state index contributed by atoms with van der Waals surface area (Å²) >= 11 is 0. The van der Waals surface area contributed by atoms with Crippen molar-refractivity contribution in [2.24, 2.45) is 0 Å². The first-order chi connectivity index (χ1) is 13.0. The van der Waals surface area contributed by atoms with Gasteiger partial charge in [-0.05, 0) is 26.2 Å². The quantitative estimate of drug-likeness (QED) is 0.725. The fourth-order valence-electron chi connectivity index (χ4n) is 3.04. The number of para-hydroxylation sites is 1. The Kier molecular flexibility index (Phi) is 5.66. The molecule has 5 nitrogen and oxygen atoms in total. The lowest BCUT2D eigenvalue weighted by atomic mass is 10.0. The molecule has 0 radical (unpaired) electrons. The zero-order chi connectivity index (χ0) is 19.4. The summed E-state index contributed by atoms with van der Waals surface area (Å²) in [6, 6.07) is 15.3. The zero-order valence-corrected chi connectivity index (χ0v) is 15.6. The summed E-state index contributed by atoms with van der Waals surface area (Å²) < 4.78 is 19.4. The molecule has 0 saturated carbocycles. The van der Waals surface area contributed by atoms with E-state index in [1.165, 1.54) is 13.2 Å². The number of ether oxygens (including phenoxy) is 1. The average Bonchev–Trinajstić information content (AvgIpc) is 2.68. The molecule has 1 aromatic heterocycles. The molecule has 1 N–H and O–H groups in total. The SMILES string of the molecule is COc1cc(C(=O)NCC(c2ccccc2F)N(C)C)c2ccccc2n1. The molecule has 140 valence electrons. The van der Waals surface area contributed by atoms with Crippen molar-refractivity contribution in [1.29, 1.82) is 0 Å². The molecule has 0 aliphatic heterocycles. The maximum Gasteiger partial charge on any atom is 0.252 e. The van der Waals surface area contributed by atoms with Gasteiger partial charge in [-0.2, -0.15) is 0 Å². The number of likely N-dealkylation sites (N-methyl/N-ethyl adjacent to an activating group) is 1. The van der Waals surface area contributed by atoms with E-state index in [4.69, 9.17) is 4.74 Å². The Hall–Kier alpha value is -2.99. The van der Waals surface area contributed by atoms with Crippen LogP contribution in [0.3, 0.4) is 0 Å². The number of carbonyl (C=O) groups excluding carboxylic acids is 1. The highest BCUT2D eigenvalue weighted by molar-refractivity contribution is 6.06. The third-order valence-corrected chi connectivity index (χ3v) is 4.49. The summed E-state index contributed by atoms with van der Waals surface area (Å²) in [6.07, 6.45) is 0. The Morgan fingerprint density at radius 1 is 1.19 bits per heavy atom. The minimum atomic E-state index is -0.290. The molecule has 0 aliphatic rings. The summed E-state index contributed by atoms with van der Waals surface area (Å²) in [6.45, 7) is 0.270. The third kappa shape index (κ3) is 4.06. The van der Waals surface area contributed by atoms with Crippen LogP contribution in [0.2, 0.25) is 0 Å². The zero-order valence-electron chi connectivity index (χ0n) is 15.6. The summed E-state index contributed by atoms with van der Waals surface area (Å²) in [5, 5.41) is 3.66. The molecular formula is C21H22FN3O2. The van der Waals surface area contributed by atoms with Gasteiger partial charge in [-0.25, -0.2) is 9.37 Å². The van der Waals surface area contributed by atoms with E-state index in [2.05, 4.69) is 10.3 Å². The lowest BCUT2D eigenvalue weighted by Gasteiger charge is -2.25. The van der Waals surface area contributed by atoms with Crippen molar-refractivity contribution >= 4 is 16.8 Å². The van der Waals surface area contributed by atoms with Crippen LogP contribution in [0.25, 0.3) is 10.9 Å². The second-order valence-corrected chi connectivity index (χ2v) is 6.44. The van der Waals surface area contributed by atoms with E-state index in [-0.39, 0.29) is 24.3 Å². The molecule has 3 rings (SSSR count). The largest absolute Gasteiger partial charge is 0.481 e. The van der Waals surface area contributed by atoms with E-state index in [0.29, 0.717) is 22.5 Å². The van der Waals surface area contributed by atoms with Gasteiger partial charge in [0.05, 0.1) is 24.2 Å². The van der Waals surface area contributed by atoms with Crippen LogP contribution in [0.1, 0.15) is 22.0 Å². The lowest BCUT2D eigenvalue weighted by molar-refractivity contribution is 0.0942. The molecule has 6 heteroatoms. The fourth-order valence-corrected chi connectivity index (χ4v) is 3.04. The number of halogens is 1. The number of benzene rings is 2. The first-order valence-corrected chi connectivity index (χ1v) is 8.64. The highest BCUT2D eigenvalue weighted by atomic mass is 19.1. The molecule has 1 atom stereocenters. The molecule has 0 aliphatic carbocycles. The minimum absolute atomic E-state index is 0.255. The van der Waals surface area contributed by atoms with Gasteiger partial charge in [0, 0.05) is 23.6 Å². The maximum absolute atomic E-state index is 14.2. The molecule has 3 aromatic rings. The first-order valence-electron chi connectivity index (χ1n) is 8.64. The van der Waals surface area contributed by atoms with E-state index in [0.717, 1.165) is 5.39 Å². The molecule has 0 saturated heterocycles. The molecular weight excluding hydrogens is 345 g/mol. The first kappa shape index (κ1) is 18.8. The minimum Gasteiger partial charge on any atom is -0.481 e. The van der Waals surface area contributed by atoms with Crippen LogP contribution in [0.15, 0.2) is 54.6 Å². The van der Waals surface area contributed by atoms with Crippen molar-refractivity contribution in [2.45, 2.75) is 6.04 Å². The number of nitrogens with zero attached hydrogens (tertiary/aromatic N) is 2.